The van der Waals surface area contributed by atoms with Crippen molar-refractivity contribution >= 4 is 40.8 Å². The molecule has 0 saturated carbocycles. The van der Waals surface area contributed by atoms with Crippen LogP contribution in [0.3, 0.4) is 0 Å². The van der Waals surface area contributed by atoms with E-state index in [9.17, 15) is 24.3 Å². The molecule has 0 bridgehead atoms. The van der Waals surface area contributed by atoms with Crippen molar-refractivity contribution in [3.05, 3.63) is 0 Å². The molecule has 0 rings (SSSR count). The molecule has 0 aliphatic rings. The molecular weight excluding hydrogens is 380 g/mol. The van der Waals surface area contributed by atoms with Gasteiger partial charge in [0, 0.05) is 13.5 Å². The number of aliphatic carboxylic acids is 1. The minimum absolute atomic E-state index is 0.144. The highest BCUT2D eigenvalue weighted by atomic mass is 32.1. The summed E-state index contributed by atoms with van der Waals surface area (Å²) in [5, 5.41) is 28.2. The zero-order valence-electron chi connectivity index (χ0n) is 15.1. The van der Waals surface area contributed by atoms with Gasteiger partial charge >= 0.3 is 5.97 Å². The van der Waals surface area contributed by atoms with Crippen molar-refractivity contribution in [3.63, 3.8) is 0 Å². The molecular formula is C15H26N4O7S. The quantitative estimate of drug-likeness (QED) is 0.159. The summed E-state index contributed by atoms with van der Waals surface area (Å²) >= 11 is 5.10. The van der Waals surface area contributed by atoms with Crippen LogP contribution in [0.5, 0.6) is 0 Å². The zero-order valence-corrected chi connectivity index (χ0v) is 15.9. The van der Waals surface area contributed by atoms with E-state index < -0.39 is 54.3 Å². The van der Waals surface area contributed by atoms with Gasteiger partial charge in [0.25, 0.3) is 5.91 Å². The van der Waals surface area contributed by atoms with E-state index in [1.54, 1.807) is 0 Å². The minimum Gasteiger partial charge on any atom is -0.481 e. The number of carbonyl (C=O) groups is 4. The number of nitrogens with two attached hydrogens (primary N) is 2. The van der Waals surface area contributed by atoms with E-state index in [-0.39, 0.29) is 24.1 Å². The Labute approximate surface area is 161 Å². The number of hydrazine groups is 1. The first-order valence-corrected chi connectivity index (χ1v) is 8.46. The van der Waals surface area contributed by atoms with Crippen LogP contribution in [0.15, 0.2) is 0 Å². The summed E-state index contributed by atoms with van der Waals surface area (Å²) < 4.78 is 0. The van der Waals surface area contributed by atoms with E-state index in [1.165, 1.54) is 14.0 Å². The largest absolute Gasteiger partial charge is 0.481 e. The van der Waals surface area contributed by atoms with Crippen molar-refractivity contribution < 1.29 is 34.5 Å². The van der Waals surface area contributed by atoms with Crippen molar-refractivity contribution in [1.82, 2.24) is 10.4 Å². The summed E-state index contributed by atoms with van der Waals surface area (Å²) in [5.74, 6) is -5.73. The molecule has 0 spiro atoms. The van der Waals surface area contributed by atoms with Crippen molar-refractivity contribution in [2.75, 3.05) is 13.7 Å². The predicted octanol–water partition coefficient (Wildman–Crippen LogP) is -2.48. The number of aliphatic hydroxyl groups is 2. The fourth-order valence-corrected chi connectivity index (χ4v) is 2.59. The molecule has 11 nitrogen and oxygen atoms in total. The maximum absolute atomic E-state index is 12.4. The van der Waals surface area contributed by atoms with Gasteiger partial charge in [-0.2, -0.15) is 0 Å². The third-order valence-electron chi connectivity index (χ3n) is 3.76. The van der Waals surface area contributed by atoms with Crippen molar-refractivity contribution in [3.8, 4) is 0 Å². The Balaban J connectivity index is 5.08. The van der Waals surface area contributed by atoms with E-state index in [1.807, 2.05) is 0 Å². The number of rotatable bonds is 11. The van der Waals surface area contributed by atoms with Crippen LogP contribution in [0.1, 0.15) is 26.2 Å². The number of amides is 3. The van der Waals surface area contributed by atoms with Crippen molar-refractivity contribution in [2.24, 2.45) is 23.3 Å². The number of nitrogens with zero attached hydrogens (tertiary/aromatic N) is 1. The smallest absolute Gasteiger partial charge is 0.309 e. The van der Waals surface area contributed by atoms with E-state index in [0.29, 0.717) is 0 Å². The molecule has 0 aromatic heterocycles. The highest BCUT2D eigenvalue weighted by molar-refractivity contribution is 7.80. The van der Waals surface area contributed by atoms with Gasteiger partial charge in [-0.25, -0.2) is 0 Å². The van der Waals surface area contributed by atoms with E-state index >= 15 is 0 Å². The van der Waals surface area contributed by atoms with Gasteiger partial charge in [0.15, 0.2) is 0 Å². The Morgan fingerprint density at radius 3 is 2.15 bits per heavy atom. The van der Waals surface area contributed by atoms with Crippen molar-refractivity contribution in [1.29, 1.82) is 0 Å². The monoisotopic (exact) mass is 406 g/mol. The fraction of sp³-hybridized carbons (Fsp3) is 0.667. The molecule has 12 heteroatoms. The molecule has 0 heterocycles. The van der Waals surface area contributed by atoms with Crippen LogP contribution in [0.2, 0.25) is 0 Å². The fourth-order valence-electron chi connectivity index (χ4n) is 2.21. The maximum atomic E-state index is 12.4. The summed E-state index contributed by atoms with van der Waals surface area (Å²) in [6.07, 6.45) is -1.86. The zero-order chi connectivity index (χ0) is 21.3. The molecule has 8 N–H and O–H groups in total. The molecule has 0 fully saturated rings. The lowest BCUT2D eigenvalue weighted by Gasteiger charge is -2.24. The van der Waals surface area contributed by atoms with Gasteiger partial charge in [-0.15, -0.1) is 0 Å². The predicted molar refractivity (Wildman–Crippen MR) is 97.9 cm³/mol. The molecule has 1 unspecified atom stereocenters. The van der Waals surface area contributed by atoms with Crippen LogP contribution in [0, 0.1) is 11.8 Å². The molecule has 27 heavy (non-hydrogen) atoms. The van der Waals surface area contributed by atoms with Gasteiger partial charge in [0.2, 0.25) is 11.8 Å². The number of carboxylic acids is 1. The van der Waals surface area contributed by atoms with Crippen LogP contribution in [-0.2, 0) is 19.2 Å². The molecule has 3 amide bonds. The standard InChI is InChI=1S/C15H26N4O7S/c1-7(21)10(15(25)26)5-9(27)3-8(4-12(17)22)13(23)18-19(2)14(24)11(16)6-20/h7-8,10-11,20-21H,3-6,16H2,1-2H3,(H2,17,22)(H,18,23)(H,25,26)/t7?,8-,10-,11-/m0/s1. The van der Waals surface area contributed by atoms with Crippen LogP contribution < -0.4 is 16.9 Å². The van der Waals surface area contributed by atoms with Crippen LogP contribution in [-0.4, -0.2) is 74.7 Å². The molecule has 0 saturated heterocycles. The lowest BCUT2D eigenvalue weighted by Crippen LogP contribution is -2.53. The number of primary amides is 1. The first-order valence-electron chi connectivity index (χ1n) is 8.06. The first-order chi connectivity index (χ1) is 12.4. The summed E-state index contributed by atoms with van der Waals surface area (Å²) in [6.45, 7) is 0.684. The topological polar surface area (TPSA) is 196 Å². The van der Waals surface area contributed by atoms with Gasteiger partial charge in [-0.1, -0.05) is 12.2 Å². The number of nitrogens with one attached hydrogen (secondary N) is 1. The molecule has 0 aliphatic carbocycles. The number of thiocarbonyl (C=S) groups is 1. The number of carboxylic acid groups (broad SMARTS) is 1. The average Bonchev–Trinajstić information content (AvgIpc) is 2.56. The Hall–Kier alpha value is -2.15. The lowest BCUT2D eigenvalue weighted by molar-refractivity contribution is -0.145. The van der Waals surface area contributed by atoms with E-state index in [4.69, 9.17) is 33.9 Å². The van der Waals surface area contributed by atoms with Crippen LogP contribution >= 0.6 is 12.2 Å². The second-order valence-corrected chi connectivity index (χ2v) is 6.74. The molecule has 154 valence electrons. The number of carbonyl (C=O) groups excluding carboxylic acids is 3. The molecule has 0 aromatic rings. The summed E-state index contributed by atoms with van der Waals surface area (Å²) in [5.41, 5.74) is 12.7. The SMILES string of the molecule is CC(O)[C@H](CC(=S)C[C@@H](CC(N)=O)C(=O)NN(C)C(=O)[C@@H](N)CO)C(=O)O. The Morgan fingerprint density at radius 1 is 1.19 bits per heavy atom. The van der Waals surface area contributed by atoms with E-state index in [0.717, 1.165) is 5.01 Å². The van der Waals surface area contributed by atoms with Crippen LogP contribution in [0.4, 0.5) is 0 Å². The number of likely N-dealkylation sites (N-methyl/N-ethyl adjacent to an activating group) is 1. The number of hydrogen-bond acceptors (Lipinski definition) is 8. The van der Waals surface area contributed by atoms with Gasteiger partial charge < -0.3 is 26.8 Å². The summed E-state index contributed by atoms with van der Waals surface area (Å²) in [4.78, 5) is 46.7. The third-order valence-corrected chi connectivity index (χ3v) is 4.10. The summed E-state index contributed by atoms with van der Waals surface area (Å²) in [7, 11) is 1.21. The second kappa shape index (κ2) is 11.5. The third kappa shape index (κ3) is 8.86. The maximum Gasteiger partial charge on any atom is 0.309 e. The van der Waals surface area contributed by atoms with Crippen molar-refractivity contribution in [2.45, 2.75) is 38.3 Å². The van der Waals surface area contributed by atoms with Gasteiger partial charge in [-0.3, -0.25) is 29.6 Å². The Bertz CT molecular complexity index is 585. The number of aliphatic hydroxyl groups excluding tert-OH is 2. The second-order valence-electron chi connectivity index (χ2n) is 6.16. The lowest BCUT2D eigenvalue weighted by atomic mass is 9.91. The normalized spacial score (nSPS) is 15.1. The van der Waals surface area contributed by atoms with Gasteiger partial charge in [0.1, 0.15) is 6.04 Å². The molecule has 0 aromatic carbocycles. The minimum atomic E-state index is -1.24. The highest BCUT2D eigenvalue weighted by Gasteiger charge is 2.29. The summed E-state index contributed by atoms with van der Waals surface area (Å²) in [6, 6.07) is -1.23. The molecule has 0 radical (unpaired) electrons. The Morgan fingerprint density at radius 2 is 1.74 bits per heavy atom. The first kappa shape index (κ1) is 24.8. The van der Waals surface area contributed by atoms with Gasteiger partial charge in [-0.05, 0) is 24.6 Å². The molecule has 0 aliphatic heterocycles. The number of hydrogen-bond donors (Lipinski definition) is 6. The Kier molecular flexibility index (Phi) is 10.6. The van der Waals surface area contributed by atoms with Gasteiger partial charge in [0.05, 0.1) is 24.5 Å². The molecule has 4 atom stereocenters. The van der Waals surface area contributed by atoms with Crippen LogP contribution in [0.25, 0.3) is 0 Å². The average molecular weight is 406 g/mol. The van der Waals surface area contributed by atoms with E-state index in [2.05, 4.69) is 5.43 Å². The highest BCUT2D eigenvalue weighted by Crippen LogP contribution is 2.18.